The molecule has 0 saturated heterocycles. The number of rotatable bonds is 3. The molecule has 1 aromatic carbocycles. The van der Waals surface area contributed by atoms with E-state index in [1.165, 1.54) is 24.0 Å². The molecular formula is C16H25NO. The second-order valence-corrected chi connectivity index (χ2v) is 6.10. The van der Waals surface area contributed by atoms with E-state index < -0.39 is 0 Å². The molecule has 1 atom stereocenters. The summed E-state index contributed by atoms with van der Waals surface area (Å²) in [6.07, 6.45) is 3.52. The summed E-state index contributed by atoms with van der Waals surface area (Å²) in [6, 6.07) is 6.42. The standard InChI is InChI=1S/C16H25NO/c1-5-10-17(4)15-9-7-12-6-8-13(18)11-14(12)16(15,2)3/h6,8,11,15,18H,5,7,9-10H2,1-4H3. The first-order chi connectivity index (χ1) is 8.46. The molecule has 0 bridgehead atoms. The minimum Gasteiger partial charge on any atom is -0.508 e. The number of phenols is 1. The van der Waals surface area contributed by atoms with Crippen LogP contribution >= 0.6 is 0 Å². The molecule has 0 fully saturated rings. The van der Waals surface area contributed by atoms with E-state index in [4.69, 9.17) is 0 Å². The summed E-state index contributed by atoms with van der Waals surface area (Å²) in [5, 5.41) is 9.74. The van der Waals surface area contributed by atoms with E-state index in [-0.39, 0.29) is 5.41 Å². The van der Waals surface area contributed by atoms with Crippen molar-refractivity contribution in [3.8, 4) is 5.75 Å². The fraction of sp³-hybridized carbons (Fsp3) is 0.625. The number of fused-ring (bicyclic) bond motifs is 1. The van der Waals surface area contributed by atoms with E-state index in [1.54, 1.807) is 0 Å². The van der Waals surface area contributed by atoms with Crippen LogP contribution in [-0.4, -0.2) is 29.6 Å². The molecule has 1 aliphatic carbocycles. The average Bonchev–Trinajstić information content (AvgIpc) is 2.30. The molecule has 0 saturated carbocycles. The molecule has 100 valence electrons. The lowest BCUT2D eigenvalue weighted by Gasteiger charge is -2.45. The van der Waals surface area contributed by atoms with Gasteiger partial charge in [-0.05, 0) is 56.1 Å². The normalized spacial score (nSPS) is 21.9. The lowest BCUT2D eigenvalue weighted by Crippen LogP contribution is -2.49. The van der Waals surface area contributed by atoms with Crippen molar-refractivity contribution >= 4 is 0 Å². The lowest BCUT2D eigenvalue weighted by molar-refractivity contribution is 0.146. The Morgan fingerprint density at radius 1 is 1.39 bits per heavy atom. The molecule has 2 rings (SSSR count). The van der Waals surface area contributed by atoms with Crippen molar-refractivity contribution in [3.05, 3.63) is 29.3 Å². The van der Waals surface area contributed by atoms with Gasteiger partial charge in [0.25, 0.3) is 0 Å². The molecule has 1 unspecified atom stereocenters. The monoisotopic (exact) mass is 247 g/mol. The molecule has 1 N–H and O–H groups in total. The summed E-state index contributed by atoms with van der Waals surface area (Å²) in [4.78, 5) is 2.48. The molecule has 18 heavy (non-hydrogen) atoms. The largest absolute Gasteiger partial charge is 0.508 e. The van der Waals surface area contributed by atoms with E-state index in [2.05, 4.69) is 38.8 Å². The Labute approximate surface area is 111 Å². The fourth-order valence-corrected chi connectivity index (χ4v) is 3.49. The average molecular weight is 247 g/mol. The Hall–Kier alpha value is -1.02. The zero-order valence-electron chi connectivity index (χ0n) is 12.0. The van der Waals surface area contributed by atoms with Crippen LogP contribution in [0.1, 0.15) is 44.7 Å². The summed E-state index contributed by atoms with van der Waals surface area (Å²) in [5.74, 6) is 0.389. The van der Waals surface area contributed by atoms with Crippen LogP contribution in [0.15, 0.2) is 18.2 Å². The number of phenolic OH excluding ortho intramolecular Hbond substituents is 1. The quantitative estimate of drug-likeness (QED) is 0.885. The van der Waals surface area contributed by atoms with Crippen molar-refractivity contribution in [2.75, 3.05) is 13.6 Å². The van der Waals surface area contributed by atoms with Gasteiger partial charge in [-0.25, -0.2) is 0 Å². The Kier molecular flexibility index (Phi) is 3.67. The summed E-state index contributed by atoms with van der Waals surface area (Å²) in [7, 11) is 2.23. The van der Waals surface area contributed by atoms with Crippen LogP contribution < -0.4 is 0 Å². The van der Waals surface area contributed by atoms with Gasteiger partial charge in [0.2, 0.25) is 0 Å². The number of aryl methyl sites for hydroxylation is 1. The van der Waals surface area contributed by atoms with Crippen molar-refractivity contribution < 1.29 is 5.11 Å². The highest BCUT2D eigenvalue weighted by atomic mass is 16.3. The van der Waals surface area contributed by atoms with E-state index in [1.807, 2.05) is 12.1 Å². The number of hydrogen-bond donors (Lipinski definition) is 1. The summed E-state index contributed by atoms with van der Waals surface area (Å²) < 4.78 is 0. The van der Waals surface area contributed by atoms with Gasteiger partial charge in [0.1, 0.15) is 5.75 Å². The number of nitrogens with zero attached hydrogens (tertiary/aromatic N) is 1. The molecule has 0 spiro atoms. The van der Waals surface area contributed by atoms with Crippen molar-refractivity contribution in [2.45, 2.75) is 51.5 Å². The SMILES string of the molecule is CCCN(C)C1CCc2ccc(O)cc2C1(C)C. The van der Waals surface area contributed by atoms with Crippen LogP contribution in [0.4, 0.5) is 0 Å². The number of hydrogen-bond acceptors (Lipinski definition) is 2. The van der Waals surface area contributed by atoms with Gasteiger partial charge in [-0.15, -0.1) is 0 Å². The first-order valence-corrected chi connectivity index (χ1v) is 6.99. The third-order valence-corrected chi connectivity index (χ3v) is 4.42. The molecule has 0 aliphatic heterocycles. The highest BCUT2D eigenvalue weighted by Gasteiger charge is 2.38. The summed E-state index contributed by atoms with van der Waals surface area (Å²) in [6.45, 7) is 7.98. The zero-order valence-corrected chi connectivity index (χ0v) is 12.0. The third kappa shape index (κ3) is 2.26. The maximum atomic E-state index is 9.74. The van der Waals surface area contributed by atoms with Crippen molar-refractivity contribution in [1.29, 1.82) is 0 Å². The minimum absolute atomic E-state index is 0.107. The maximum Gasteiger partial charge on any atom is 0.115 e. The van der Waals surface area contributed by atoms with E-state index in [0.29, 0.717) is 11.8 Å². The van der Waals surface area contributed by atoms with Gasteiger partial charge in [0.05, 0.1) is 0 Å². The molecule has 0 amide bonds. The Bertz CT molecular complexity index is 425. The molecule has 1 aliphatic rings. The van der Waals surface area contributed by atoms with Crippen molar-refractivity contribution in [2.24, 2.45) is 0 Å². The number of aromatic hydroxyl groups is 1. The number of benzene rings is 1. The summed E-state index contributed by atoms with van der Waals surface area (Å²) >= 11 is 0. The van der Waals surface area contributed by atoms with Crippen LogP contribution in [0.3, 0.4) is 0 Å². The maximum absolute atomic E-state index is 9.74. The molecule has 0 heterocycles. The highest BCUT2D eigenvalue weighted by molar-refractivity contribution is 5.42. The molecular weight excluding hydrogens is 222 g/mol. The van der Waals surface area contributed by atoms with Crippen molar-refractivity contribution in [1.82, 2.24) is 4.90 Å². The fourth-order valence-electron chi connectivity index (χ4n) is 3.49. The predicted octanol–water partition coefficient (Wildman–Crippen LogP) is 3.33. The van der Waals surface area contributed by atoms with Gasteiger partial charge in [-0.1, -0.05) is 26.8 Å². The van der Waals surface area contributed by atoms with Gasteiger partial charge in [0, 0.05) is 11.5 Å². The summed E-state index contributed by atoms with van der Waals surface area (Å²) in [5.41, 5.74) is 2.83. The first kappa shape index (κ1) is 13.4. The van der Waals surface area contributed by atoms with Gasteiger partial charge >= 0.3 is 0 Å². The molecule has 2 heteroatoms. The Morgan fingerprint density at radius 2 is 2.11 bits per heavy atom. The lowest BCUT2D eigenvalue weighted by atomic mass is 9.68. The smallest absolute Gasteiger partial charge is 0.115 e. The number of likely N-dealkylation sites (N-methyl/N-ethyl adjacent to an activating group) is 1. The molecule has 0 aromatic heterocycles. The molecule has 0 radical (unpaired) electrons. The van der Waals surface area contributed by atoms with Gasteiger partial charge in [0.15, 0.2) is 0 Å². The minimum atomic E-state index is 0.107. The van der Waals surface area contributed by atoms with Crippen LogP contribution in [0, 0.1) is 0 Å². The van der Waals surface area contributed by atoms with Gasteiger partial charge < -0.3 is 10.0 Å². The zero-order chi connectivity index (χ0) is 13.3. The van der Waals surface area contributed by atoms with E-state index in [9.17, 15) is 5.11 Å². The van der Waals surface area contributed by atoms with Crippen LogP contribution in [-0.2, 0) is 11.8 Å². The van der Waals surface area contributed by atoms with Crippen LogP contribution in [0.5, 0.6) is 5.75 Å². The topological polar surface area (TPSA) is 23.5 Å². The Morgan fingerprint density at radius 3 is 2.78 bits per heavy atom. The van der Waals surface area contributed by atoms with Gasteiger partial charge in [-0.3, -0.25) is 0 Å². The van der Waals surface area contributed by atoms with Crippen LogP contribution in [0.2, 0.25) is 0 Å². The second kappa shape index (κ2) is 4.93. The molecule has 1 aromatic rings. The van der Waals surface area contributed by atoms with Crippen molar-refractivity contribution in [3.63, 3.8) is 0 Å². The highest BCUT2D eigenvalue weighted by Crippen LogP contribution is 2.40. The second-order valence-electron chi connectivity index (χ2n) is 6.10. The van der Waals surface area contributed by atoms with E-state index in [0.717, 1.165) is 13.0 Å². The van der Waals surface area contributed by atoms with Gasteiger partial charge in [-0.2, -0.15) is 0 Å². The third-order valence-electron chi connectivity index (χ3n) is 4.42. The van der Waals surface area contributed by atoms with Crippen LogP contribution in [0.25, 0.3) is 0 Å². The molecule has 2 nitrogen and oxygen atoms in total. The first-order valence-electron chi connectivity index (χ1n) is 6.99. The Balaban J connectivity index is 2.35. The van der Waals surface area contributed by atoms with E-state index >= 15 is 0 Å². The predicted molar refractivity (Wildman–Crippen MR) is 76.2 cm³/mol.